The largest absolute Gasteiger partial charge is 0.759 e. The Hall–Kier alpha value is -2.48. The smallest absolute Gasteiger partial charge is 0.166 e. The first-order valence-corrected chi connectivity index (χ1v) is 12.5. The minimum atomic E-state index is -5.17. The van der Waals surface area contributed by atoms with Crippen LogP contribution in [0.1, 0.15) is 37.5 Å². The Kier molecular flexibility index (Phi) is 8.91. The summed E-state index contributed by atoms with van der Waals surface area (Å²) in [7, 11) is -5.17. The molecule has 0 amide bonds. The topological polar surface area (TPSA) is 158 Å². The molecule has 1 aliphatic rings. The summed E-state index contributed by atoms with van der Waals surface area (Å²) in [6, 6.07) is 4.85. The second-order valence-electron chi connectivity index (χ2n) is 7.72. The van der Waals surface area contributed by atoms with E-state index in [2.05, 4.69) is 15.4 Å². The first-order chi connectivity index (χ1) is 16.4. The summed E-state index contributed by atoms with van der Waals surface area (Å²) in [4.78, 5) is 4.25. The molecule has 1 fully saturated rings. The lowest BCUT2D eigenvalue weighted by Gasteiger charge is -2.22. The molecular weight excluding hydrogens is 524 g/mol. The number of aromatic nitrogens is 3. The van der Waals surface area contributed by atoms with Crippen molar-refractivity contribution in [2.24, 2.45) is 0 Å². The van der Waals surface area contributed by atoms with E-state index in [1.165, 1.54) is 12.1 Å². The van der Waals surface area contributed by atoms with Crippen LogP contribution in [-0.4, -0.2) is 45.4 Å². The zero-order chi connectivity index (χ0) is 25.8. The van der Waals surface area contributed by atoms with E-state index in [4.69, 9.17) is 51.2 Å². The van der Waals surface area contributed by atoms with E-state index in [0.29, 0.717) is 22.4 Å². The number of piperidine rings is 1. The Labute approximate surface area is 211 Å². The van der Waals surface area contributed by atoms with Crippen molar-refractivity contribution in [3.63, 3.8) is 0 Å². The molecule has 0 aliphatic carbocycles. The maximum Gasteiger partial charge on any atom is 0.166 e. The number of benzene rings is 1. The number of nitrogens with zero attached hydrogens (tertiary/aromatic N) is 3. The first kappa shape index (κ1) is 27.1. The molecule has 0 saturated carbocycles. The average molecular weight is 546 g/mol. The molecule has 1 aliphatic heterocycles. The highest BCUT2D eigenvalue weighted by atomic mass is 35.5. The SMILES string of the molecule is C[C@@H](Oc1cc(-c2cnn(C3CCNCC3)c2)cnc1N)c1c(Cl)ccc(F)c1Cl.O=S(=O)([O-])[O-]. The number of nitrogen functional groups attached to an aromatic ring is 1. The molecule has 35 heavy (non-hydrogen) atoms. The lowest BCUT2D eigenvalue weighted by atomic mass is 10.1. The molecule has 10 nitrogen and oxygen atoms in total. The molecule has 0 spiro atoms. The van der Waals surface area contributed by atoms with E-state index in [9.17, 15) is 4.39 Å². The minimum Gasteiger partial charge on any atom is -0.759 e. The Balaban J connectivity index is 0.000000623. The van der Waals surface area contributed by atoms with Crippen LogP contribution in [0.2, 0.25) is 10.0 Å². The second kappa shape index (κ2) is 11.5. The molecular formula is C21H22Cl2FN5O5S-2. The van der Waals surface area contributed by atoms with Crippen LogP contribution in [0, 0.1) is 5.82 Å². The van der Waals surface area contributed by atoms with Crippen LogP contribution < -0.4 is 15.8 Å². The van der Waals surface area contributed by atoms with Crippen molar-refractivity contribution in [1.29, 1.82) is 0 Å². The summed E-state index contributed by atoms with van der Waals surface area (Å²) in [5.74, 6) is 0.0303. The zero-order valence-electron chi connectivity index (χ0n) is 18.4. The van der Waals surface area contributed by atoms with Gasteiger partial charge in [0.2, 0.25) is 0 Å². The highest BCUT2D eigenvalue weighted by Gasteiger charge is 2.21. The average Bonchev–Trinajstić information content (AvgIpc) is 3.28. The van der Waals surface area contributed by atoms with Crippen molar-refractivity contribution in [3.05, 3.63) is 58.2 Å². The summed E-state index contributed by atoms with van der Waals surface area (Å²) in [6.07, 6.45) is 6.96. The molecule has 0 radical (unpaired) electrons. The van der Waals surface area contributed by atoms with Crippen molar-refractivity contribution in [1.82, 2.24) is 20.1 Å². The van der Waals surface area contributed by atoms with Gasteiger partial charge in [-0.1, -0.05) is 23.2 Å². The van der Waals surface area contributed by atoms with Gasteiger partial charge in [-0.2, -0.15) is 5.10 Å². The number of nitrogens with one attached hydrogen (secondary N) is 1. The van der Waals surface area contributed by atoms with Crippen LogP contribution in [0.4, 0.5) is 10.2 Å². The van der Waals surface area contributed by atoms with Gasteiger partial charge in [-0.25, -0.2) is 9.37 Å². The van der Waals surface area contributed by atoms with Crippen molar-refractivity contribution in [2.45, 2.75) is 31.9 Å². The summed E-state index contributed by atoms with van der Waals surface area (Å²) < 4.78 is 55.9. The zero-order valence-corrected chi connectivity index (χ0v) is 20.8. The van der Waals surface area contributed by atoms with E-state index >= 15 is 0 Å². The molecule has 4 rings (SSSR count). The molecule has 190 valence electrons. The van der Waals surface area contributed by atoms with Gasteiger partial charge in [0.05, 0.1) is 17.3 Å². The number of rotatable bonds is 5. The summed E-state index contributed by atoms with van der Waals surface area (Å²) in [5, 5.41) is 8.13. The number of pyridine rings is 1. The van der Waals surface area contributed by atoms with Crippen molar-refractivity contribution in [3.8, 4) is 16.9 Å². The molecule has 3 heterocycles. The van der Waals surface area contributed by atoms with Crippen LogP contribution in [0.25, 0.3) is 11.1 Å². The second-order valence-corrected chi connectivity index (χ2v) is 9.32. The predicted molar refractivity (Wildman–Crippen MR) is 127 cm³/mol. The fourth-order valence-electron chi connectivity index (χ4n) is 3.63. The van der Waals surface area contributed by atoms with Gasteiger partial charge in [0, 0.05) is 44.5 Å². The van der Waals surface area contributed by atoms with E-state index in [1.807, 2.05) is 17.1 Å². The van der Waals surface area contributed by atoms with Crippen LogP contribution >= 0.6 is 23.2 Å². The van der Waals surface area contributed by atoms with E-state index in [1.54, 1.807) is 19.2 Å². The van der Waals surface area contributed by atoms with Gasteiger partial charge >= 0.3 is 0 Å². The Bertz CT molecular complexity index is 1280. The monoisotopic (exact) mass is 545 g/mol. The van der Waals surface area contributed by atoms with Crippen LogP contribution in [-0.2, 0) is 10.4 Å². The van der Waals surface area contributed by atoms with Crippen molar-refractivity contribution < 1.29 is 26.7 Å². The lowest BCUT2D eigenvalue weighted by Crippen LogP contribution is -2.29. The van der Waals surface area contributed by atoms with Crippen molar-refractivity contribution in [2.75, 3.05) is 18.8 Å². The summed E-state index contributed by atoms with van der Waals surface area (Å²) in [5.41, 5.74) is 8.12. The lowest BCUT2D eigenvalue weighted by molar-refractivity contribution is 0.227. The number of hydrogen-bond acceptors (Lipinski definition) is 9. The maximum absolute atomic E-state index is 13.9. The predicted octanol–water partition coefficient (Wildman–Crippen LogP) is 3.70. The van der Waals surface area contributed by atoms with E-state index in [0.717, 1.165) is 37.1 Å². The van der Waals surface area contributed by atoms with Gasteiger partial charge in [-0.05, 0) is 51.1 Å². The highest BCUT2D eigenvalue weighted by Crippen LogP contribution is 2.37. The summed E-state index contributed by atoms with van der Waals surface area (Å²) >= 11 is 12.3. The Morgan fingerprint density at radius 1 is 1.23 bits per heavy atom. The van der Waals surface area contributed by atoms with Crippen LogP contribution in [0.3, 0.4) is 0 Å². The van der Waals surface area contributed by atoms with Gasteiger partial charge in [-0.3, -0.25) is 13.1 Å². The number of nitrogens with two attached hydrogens (primary N) is 1. The Morgan fingerprint density at radius 3 is 2.54 bits per heavy atom. The number of hydrogen-bond donors (Lipinski definition) is 2. The van der Waals surface area contributed by atoms with Crippen LogP contribution in [0.5, 0.6) is 5.75 Å². The number of ether oxygens (including phenoxy) is 1. The number of anilines is 1. The maximum atomic E-state index is 13.9. The third kappa shape index (κ3) is 7.50. The minimum absolute atomic E-state index is 0.0686. The third-order valence-electron chi connectivity index (χ3n) is 5.29. The number of halogens is 3. The highest BCUT2D eigenvalue weighted by molar-refractivity contribution is 7.79. The molecule has 1 saturated heterocycles. The van der Waals surface area contributed by atoms with Gasteiger partial charge in [0.15, 0.2) is 11.6 Å². The quantitative estimate of drug-likeness (QED) is 0.276. The molecule has 3 aromatic rings. The molecule has 14 heteroatoms. The molecule has 2 aromatic heterocycles. The van der Waals surface area contributed by atoms with Crippen LogP contribution in [0.15, 0.2) is 36.8 Å². The molecule has 3 N–H and O–H groups in total. The first-order valence-electron chi connectivity index (χ1n) is 10.4. The van der Waals surface area contributed by atoms with Gasteiger partial charge in [-0.15, -0.1) is 0 Å². The fourth-order valence-corrected chi connectivity index (χ4v) is 4.31. The molecule has 1 aromatic carbocycles. The van der Waals surface area contributed by atoms with E-state index in [-0.39, 0.29) is 10.8 Å². The normalized spacial score (nSPS) is 15.3. The van der Waals surface area contributed by atoms with Gasteiger partial charge < -0.3 is 24.9 Å². The molecule has 0 unspecified atom stereocenters. The fraction of sp³-hybridized carbons (Fsp3) is 0.333. The molecule has 0 bridgehead atoms. The van der Waals surface area contributed by atoms with Gasteiger partial charge in [0.25, 0.3) is 0 Å². The van der Waals surface area contributed by atoms with Gasteiger partial charge in [0.1, 0.15) is 11.9 Å². The third-order valence-corrected chi connectivity index (χ3v) is 6.00. The summed E-state index contributed by atoms with van der Waals surface area (Å²) in [6.45, 7) is 3.71. The standard InChI is InChI=1S/C21H22Cl2FN5O.H2O4S/c1-12(19-16(22)2-3-17(24)20(19)23)30-18-8-13(9-27-21(18)25)14-10-28-29(11-14)15-4-6-26-7-5-15;1-5(2,3)4/h2-3,8-12,15,26H,4-7H2,1H3,(H2,25,27);(H2,1,2,3,4)/p-2/t12-;/m1./s1. The van der Waals surface area contributed by atoms with Crippen molar-refractivity contribution >= 4 is 39.4 Å². The molecule has 1 atom stereocenters. The Morgan fingerprint density at radius 2 is 1.89 bits per heavy atom. The van der Waals surface area contributed by atoms with E-state index < -0.39 is 22.3 Å².